The highest BCUT2D eigenvalue weighted by Crippen LogP contribution is 2.25. The second-order valence-electron chi connectivity index (χ2n) is 8.78. The molecule has 1 amide bonds. The molecule has 8 nitrogen and oxygen atoms in total. The summed E-state index contributed by atoms with van der Waals surface area (Å²) in [5.41, 5.74) is 2.70. The number of carbonyl (C=O) groups is 2. The van der Waals surface area contributed by atoms with Gasteiger partial charge in [0.25, 0.3) is 5.91 Å². The van der Waals surface area contributed by atoms with E-state index in [0.717, 1.165) is 28.1 Å². The lowest BCUT2D eigenvalue weighted by Gasteiger charge is -2.25. The normalized spacial score (nSPS) is 11.0. The Morgan fingerprint density at radius 2 is 1.86 bits per heavy atom. The number of amides is 1. The van der Waals surface area contributed by atoms with Crippen LogP contribution in [0.15, 0.2) is 61.2 Å². The number of hydrogen-bond donors (Lipinski definition) is 1. The summed E-state index contributed by atoms with van der Waals surface area (Å²) in [4.78, 5) is 24.9. The Hall–Kier alpha value is -4.07. The molecule has 8 heteroatoms. The first-order valence-corrected chi connectivity index (χ1v) is 11.8. The van der Waals surface area contributed by atoms with Gasteiger partial charge in [-0.05, 0) is 75.2 Å². The zero-order chi connectivity index (χ0) is 26.3. The average molecular weight is 492 g/mol. The number of hydrogen-bond acceptors (Lipinski definition) is 6. The maximum absolute atomic E-state index is 12.8. The van der Waals surface area contributed by atoms with Crippen LogP contribution in [0.2, 0.25) is 0 Å². The van der Waals surface area contributed by atoms with E-state index in [1.165, 1.54) is 0 Å². The van der Waals surface area contributed by atoms with Gasteiger partial charge in [-0.1, -0.05) is 24.8 Å². The summed E-state index contributed by atoms with van der Waals surface area (Å²) in [6.45, 7) is 11.7. The number of carbonyl (C=O) groups excluding carboxylic acids is 2. The number of rotatable bonds is 11. The molecule has 190 valence electrons. The zero-order valence-electron chi connectivity index (χ0n) is 21.5. The number of nitrogens with one attached hydrogen (secondary N) is 1. The molecule has 2 aromatic carbocycles. The predicted molar refractivity (Wildman–Crippen MR) is 138 cm³/mol. The minimum absolute atomic E-state index is 0.274. The molecule has 0 saturated heterocycles. The van der Waals surface area contributed by atoms with Gasteiger partial charge in [0.1, 0.15) is 18.1 Å². The van der Waals surface area contributed by atoms with Gasteiger partial charge in [-0.2, -0.15) is 5.10 Å². The van der Waals surface area contributed by atoms with Crippen LogP contribution in [0.4, 0.5) is 0 Å². The zero-order valence-corrected chi connectivity index (χ0v) is 21.5. The van der Waals surface area contributed by atoms with E-state index in [2.05, 4.69) is 17.0 Å². The Morgan fingerprint density at radius 1 is 1.14 bits per heavy atom. The number of aryl methyl sites for hydroxylation is 2. The third kappa shape index (κ3) is 6.53. The number of aromatic nitrogens is 2. The van der Waals surface area contributed by atoms with E-state index >= 15 is 0 Å². The smallest absolute Gasteiger partial charge is 0.349 e. The molecule has 0 bridgehead atoms. The number of nitrogens with zero attached hydrogens (tertiary/aromatic N) is 2. The van der Waals surface area contributed by atoms with Crippen LogP contribution >= 0.6 is 0 Å². The molecular weight excluding hydrogens is 458 g/mol. The van der Waals surface area contributed by atoms with Gasteiger partial charge in [-0.25, -0.2) is 4.79 Å². The number of benzene rings is 2. The van der Waals surface area contributed by atoms with Crippen molar-refractivity contribution in [2.75, 3.05) is 13.2 Å². The molecule has 0 atom stereocenters. The molecule has 1 N–H and O–H groups in total. The Morgan fingerprint density at radius 3 is 2.50 bits per heavy atom. The maximum Gasteiger partial charge on any atom is 0.349 e. The Balaban J connectivity index is 1.63. The first-order chi connectivity index (χ1) is 17.1. The van der Waals surface area contributed by atoms with E-state index < -0.39 is 11.6 Å². The standard InChI is InChI=1S/C28H33N3O5/c1-7-15-35-22-12-10-21(11-13-22)24-17-23(30-31(24)6)26(32)29-18-20-9-14-25(19(3)16-20)36-28(4,5)27(33)34-8-2/h7,9-14,16-17H,1,8,15,18H2,2-6H3,(H,29,32). The van der Waals surface area contributed by atoms with Crippen molar-refractivity contribution < 1.29 is 23.8 Å². The SMILES string of the molecule is C=CCOc1ccc(-c2cc(C(=O)NCc3ccc(OC(C)(C)C(=O)OCC)c(C)c3)nn2C)cc1. The second kappa shape index (κ2) is 11.6. The molecule has 0 aliphatic carbocycles. The molecule has 0 fully saturated rings. The van der Waals surface area contributed by atoms with Gasteiger partial charge < -0.3 is 19.5 Å². The molecule has 3 rings (SSSR count). The first kappa shape index (κ1) is 26.5. The van der Waals surface area contributed by atoms with Crippen molar-refractivity contribution in [1.29, 1.82) is 0 Å². The lowest BCUT2D eigenvalue weighted by Crippen LogP contribution is -2.39. The first-order valence-electron chi connectivity index (χ1n) is 11.8. The summed E-state index contributed by atoms with van der Waals surface area (Å²) < 4.78 is 18.2. The van der Waals surface area contributed by atoms with E-state index in [9.17, 15) is 9.59 Å². The number of ether oxygens (including phenoxy) is 3. The molecule has 0 radical (unpaired) electrons. The molecule has 0 saturated carbocycles. The Kier molecular flexibility index (Phi) is 8.53. The van der Waals surface area contributed by atoms with E-state index in [4.69, 9.17) is 14.2 Å². The third-order valence-corrected chi connectivity index (χ3v) is 5.45. The molecule has 0 spiro atoms. The fraction of sp³-hybridized carbons (Fsp3) is 0.321. The summed E-state index contributed by atoms with van der Waals surface area (Å²) in [5.74, 6) is 0.630. The second-order valence-corrected chi connectivity index (χ2v) is 8.78. The van der Waals surface area contributed by atoms with Crippen molar-refractivity contribution in [3.8, 4) is 22.8 Å². The fourth-order valence-corrected chi connectivity index (χ4v) is 3.56. The van der Waals surface area contributed by atoms with Crippen LogP contribution in [0.25, 0.3) is 11.3 Å². The van der Waals surface area contributed by atoms with Gasteiger partial charge in [-0.15, -0.1) is 0 Å². The minimum Gasteiger partial charge on any atom is -0.490 e. The average Bonchev–Trinajstić information content (AvgIpc) is 3.24. The van der Waals surface area contributed by atoms with Gasteiger partial charge in [0.15, 0.2) is 11.3 Å². The van der Waals surface area contributed by atoms with Crippen molar-refractivity contribution in [2.24, 2.45) is 7.05 Å². The molecule has 0 unspecified atom stereocenters. The van der Waals surface area contributed by atoms with E-state index in [1.54, 1.807) is 50.7 Å². The Labute approximate surface area is 211 Å². The predicted octanol–water partition coefficient (Wildman–Crippen LogP) is 4.61. The van der Waals surface area contributed by atoms with Crippen molar-refractivity contribution in [3.05, 3.63) is 78.0 Å². The van der Waals surface area contributed by atoms with Crippen LogP contribution in [0, 0.1) is 6.92 Å². The highest BCUT2D eigenvalue weighted by Gasteiger charge is 2.32. The van der Waals surface area contributed by atoms with Crippen molar-refractivity contribution in [3.63, 3.8) is 0 Å². The summed E-state index contributed by atoms with van der Waals surface area (Å²) in [6.07, 6.45) is 1.69. The third-order valence-electron chi connectivity index (χ3n) is 5.45. The quantitative estimate of drug-likeness (QED) is 0.311. The van der Waals surface area contributed by atoms with E-state index in [-0.39, 0.29) is 5.91 Å². The van der Waals surface area contributed by atoms with E-state index in [1.807, 2.05) is 43.3 Å². The van der Waals surface area contributed by atoms with E-state index in [0.29, 0.717) is 31.2 Å². The Bertz CT molecular complexity index is 1230. The monoisotopic (exact) mass is 491 g/mol. The van der Waals surface area contributed by atoms with Crippen LogP contribution in [-0.2, 0) is 23.1 Å². The van der Waals surface area contributed by atoms with Crippen molar-refractivity contribution in [1.82, 2.24) is 15.1 Å². The van der Waals surface area contributed by atoms with Crippen molar-refractivity contribution >= 4 is 11.9 Å². The van der Waals surface area contributed by atoms with Gasteiger partial charge >= 0.3 is 5.97 Å². The van der Waals surface area contributed by atoms with Gasteiger partial charge in [0.2, 0.25) is 0 Å². The molecule has 1 aromatic heterocycles. The number of esters is 1. The molecule has 36 heavy (non-hydrogen) atoms. The molecular formula is C28H33N3O5. The molecule has 0 aliphatic rings. The highest BCUT2D eigenvalue weighted by atomic mass is 16.6. The summed E-state index contributed by atoms with van der Waals surface area (Å²) in [7, 11) is 1.80. The minimum atomic E-state index is -1.11. The van der Waals surface area contributed by atoms with Crippen LogP contribution < -0.4 is 14.8 Å². The van der Waals surface area contributed by atoms with Gasteiger partial charge in [0, 0.05) is 19.2 Å². The van der Waals surface area contributed by atoms with Crippen LogP contribution in [0.1, 0.15) is 42.4 Å². The largest absolute Gasteiger partial charge is 0.490 e. The topological polar surface area (TPSA) is 91.7 Å². The summed E-state index contributed by atoms with van der Waals surface area (Å²) >= 11 is 0. The lowest BCUT2D eigenvalue weighted by molar-refractivity contribution is -0.158. The van der Waals surface area contributed by atoms with Crippen LogP contribution in [0.3, 0.4) is 0 Å². The van der Waals surface area contributed by atoms with Crippen molar-refractivity contribution in [2.45, 2.75) is 39.8 Å². The fourth-order valence-electron chi connectivity index (χ4n) is 3.56. The lowest BCUT2D eigenvalue weighted by atomic mass is 10.1. The highest BCUT2D eigenvalue weighted by molar-refractivity contribution is 5.93. The van der Waals surface area contributed by atoms with Crippen LogP contribution in [-0.4, -0.2) is 40.5 Å². The molecule has 1 heterocycles. The molecule has 3 aromatic rings. The maximum atomic E-state index is 12.8. The van der Waals surface area contributed by atoms with Gasteiger partial charge in [-0.3, -0.25) is 9.48 Å². The van der Waals surface area contributed by atoms with Crippen LogP contribution in [0.5, 0.6) is 11.5 Å². The summed E-state index contributed by atoms with van der Waals surface area (Å²) in [5, 5.41) is 7.28. The molecule has 0 aliphatic heterocycles. The van der Waals surface area contributed by atoms with Gasteiger partial charge in [0.05, 0.1) is 12.3 Å². The summed E-state index contributed by atoms with van der Waals surface area (Å²) in [6, 6.07) is 14.9.